The van der Waals surface area contributed by atoms with Gasteiger partial charge in [0.2, 0.25) is 0 Å². The van der Waals surface area contributed by atoms with Crippen LogP contribution in [0.1, 0.15) is 69.8 Å². The number of nitrogens with zero attached hydrogens (tertiary/aromatic N) is 2. The fourth-order valence-corrected chi connectivity index (χ4v) is 6.87. The molecule has 29 heavy (non-hydrogen) atoms. The third-order valence-corrected chi connectivity index (χ3v) is 8.80. The maximum Gasteiger partial charge on any atom is 0.0821 e. The van der Waals surface area contributed by atoms with E-state index in [1.165, 1.54) is 125 Å². The van der Waals surface area contributed by atoms with Gasteiger partial charge in [-0.1, -0.05) is 36.8 Å². The molecule has 0 aromatic heterocycles. The molecule has 0 N–H and O–H groups in total. The van der Waals surface area contributed by atoms with Gasteiger partial charge in [0.15, 0.2) is 0 Å². The lowest BCUT2D eigenvalue weighted by Gasteiger charge is -2.53. The minimum atomic E-state index is 0.939. The second-order valence-electron chi connectivity index (χ2n) is 11.1. The highest BCUT2D eigenvalue weighted by Crippen LogP contribution is 2.39. The minimum absolute atomic E-state index is 0.939. The quantitative estimate of drug-likeness (QED) is 0.352. The molecule has 4 aliphatic rings. The lowest BCUT2D eigenvalue weighted by atomic mass is 9.74. The number of hydrogen-bond donors (Lipinski definition) is 0. The second-order valence-corrected chi connectivity index (χ2v) is 11.1. The standard InChI is InChI=1S/C27H46N2/c1-28(18-10-6-11-19-28)17-9-3-2-4-12-20-29-21-15-26(16-22-29)27(24-29)23-25-13-7-5-8-14-25/h5,7-8,13-14,26-27H,2-4,6,9-12,15-24H2,1H3/q+2. The first-order valence-corrected chi connectivity index (χ1v) is 12.9. The molecule has 0 amide bonds. The molecule has 5 rings (SSSR count). The average molecular weight is 399 g/mol. The smallest absolute Gasteiger partial charge is 0.0821 e. The number of fused-ring (bicyclic) bond motifs is 3. The highest BCUT2D eigenvalue weighted by atomic mass is 15.4. The number of likely N-dealkylation sites (tertiary alicyclic amines) is 1. The maximum atomic E-state index is 2.50. The Bertz CT molecular complexity index is 596. The van der Waals surface area contributed by atoms with Crippen molar-refractivity contribution in [2.24, 2.45) is 11.8 Å². The van der Waals surface area contributed by atoms with Crippen molar-refractivity contribution in [2.75, 3.05) is 52.9 Å². The summed E-state index contributed by atoms with van der Waals surface area (Å²) in [5, 5.41) is 0. The van der Waals surface area contributed by atoms with Gasteiger partial charge in [-0.2, -0.15) is 0 Å². The van der Waals surface area contributed by atoms with E-state index in [4.69, 9.17) is 0 Å². The molecule has 0 aliphatic carbocycles. The summed E-state index contributed by atoms with van der Waals surface area (Å²) in [7, 11) is 2.50. The molecule has 1 aromatic carbocycles. The third-order valence-electron chi connectivity index (χ3n) is 8.80. The van der Waals surface area contributed by atoms with Gasteiger partial charge in [-0.15, -0.1) is 0 Å². The lowest BCUT2D eigenvalue weighted by Crippen LogP contribution is -2.62. The monoisotopic (exact) mass is 398 g/mol. The molecule has 162 valence electrons. The molecule has 2 nitrogen and oxygen atoms in total. The zero-order valence-electron chi connectivity index (χ0n) is 19.2. The van der Waals surface area contributed by atoms with Crippen LogP contribution in [0.2, 0.25) is 0 Å². The molecule has 2 heteroatoms. The van der Waals surface area contributed by atoms with E-state index in [-0.39, 0.29) is 0 Å². The first kappa shape index (κ1) is 21.4. The molecule has 0 spiro atoms. The van der Waals surface area contributed by atoms with E-state index in [0.29, 0.717) is 0 Å². The number of rotatable bonds is 10. The molecule has 4 saturated heterocycles. The van der Waals surface area contributed by atoms with Crippen LogP contribution in [0.15, 0.2) is 30.3 Å². The number of benzene rings is 1. The van der Waals surface area contributed by atoms with Crippen LogP contribution in [0.3, 0.4) is 0 Å². The molecular formula is C27H46N2+2. The summed E-state index contributed by atoms with van der Waals surface area (Å²) >= 11 is 0. The van der Waals surface area contributed by atoms with Gasteiger partial charge in [-0.25, -0.2) is 0 Å². The summed E-state index contributed by atoms with van der Waals surface area (Å²) in [4.78, 5) is 0. The highest BCUT2D eigenvalue weighted by Gasteiger charge is 2.45. The van der Waals surface area contributed by atoms with E-state index < -0.39 is 0 Å². The number of hydrogen-bond acceptors (Lipinski definition) is 0. The second kappa shape index (κ2) is 9.96. The van der Waals surface area contributed by atoms with E-state index in [1.807, 2.05) is 0 Å². The minimum Gasteiger partial charge on any atom is -0.326 e. The molecule has 1 aromatic rings. The summed E-state index contributed by atoms with van der Waals surface area (Å²) in [5.41, 5.74) is 1.56. The summed E-state index contributed by atoms with van der Waals surface area (Å²) in [5.74, 6) is 1.95. The molecule has 4 aliphatic heterocycles. The average Bonchev–Trinajstić information content (AvgIpc) is 2.75. The van der Waals surface area contributed by atoms with Gasteiger partial charge >= 0.3 is 0 Å². The Morgan fingerprint density at radius 1 is 0.759 bits per heavy atom. The predicted molar refractivity (Wildman–Crippen MR) is 124 cm³/mol. The Labute approximate surface area is 180 Å². The highest BCUT2D eigenvalue weighted by molar-refractivity contribution is 5.15. The summed E-state index contributed by atoms with van der Waals surface area (Å²) in [6.45, 7) is 10.2. The SMILES string of the molecule is C[N+]1(CCCCCCC[N+]23CCC(CC2)C(Cc2ccccc2)C3)CCCCC1. The first-order chi connectivity index (χ1) is 14.2. The summed E-state index contributed by atoms with van der Waals surface area (Å²) < 4.78 is 2.83. The Morgan fingerprint density at radius 3 is 2.14 bits per heavy atom. The summed E-state index contributed by atoms with van der Waals surface area (Å²) in [6.07, 6.45) is 16.0. The van der Waals surface area contributed by atoms with Crippen LogP contribution < -0.4 is 0 Å². The fraction of sp³-hybridized carbons (Fsp3) is 0.778. The molecule has 4 fully saturated rings. The van der Waals surface area contributed by atoms with Crippen LogP contribution in [0.25, 0.3) is 0 Å². The van der Waals surface area contributed by atoms with E-state index in [0.717, 1.165) is 11.8 Å². The molecule has 1 unspecified atom stereocenters. The van der Waals surface area contributed by atoms with Crippen LogP contribution in [0, 0.1) is 11.8 Å². The Hall–Kier alpha value is -0.860. The van der Waals surface area contributed by atoms with Gasteiger partial charge in [-0.3, -0.25) is 0 Å². The van der Waals surface area contributed by atoms with Gasteiger partial charge < -0.3 is 8.97 Å². The predicted octanol–water partition coefficient (Wildman–Crippen LogP) is 5.67. The van der Waals surface area contributed by atoms with Crippen molar-refractivity contribution in [2.45, 2.75) is 70.6 Å². The van der Waals surface area contributed by atoms with Crippen molar-refractivity contribution in [3.63, 3.8) is 0 Å². The van der Waals surface area contributed by atoms with Gasteiger partial charge in [0.05, 0.1) is 52.9 Å². The van der Waals surface area contributed by atoms with E-state index in [9.17, 15) is 0 Å². The van der Waals surface area contributed by atoms with E-state index in [1.54, 1.807) is 5.56 Å². The van der Waals surface area contributed by atoms with Crippen molar-refractivity contribution in [3.8, 4) is 0 Å². The summed E-state index contributed by atoms with van der Waals surface area (Å²) in [6, 6.07) is 11.3. The largest absolute Gasteiger partial charge is 0.326 e. The Kier molecular flexibility index (Phi) is 7.34. The Balaban J connectivity index is 1.14. The van der Waals surface area contributed by atoms with Crippen molar-refractivity contribution in [3.05, 3.63) is 35.9 Å². The van der Waals surface area contributed by atoms with Gasteiger partial charge in [0, 0.05) is 18.8 Å². The molecular weight excluding hydrogens is 352 g/mol. The van der Waals surface area contributed by atoms with Crippen molar-refractivity contribution >= 4 is 0 Å². The molecule has 1 atom stereocenters. The first-order valence-electron chi connectivity index (χ1n) is 12.9. The van der Waals surface area contributed by atoms with Crippen molar-refractivity contribution < 1.29 is 8.97 Å². The lowest BCUT2D eigenvalue weighted by molar-refractivity contribution is -0.947. The molecule has 0 radical (unpaired) electrons. The topological polar surface area (TPSA) is 0 Å². The van der Waals surface area contributed by atoms with Crippen LogP contribution in [0.5, 0.6) is 0 Å². The zero-order valence-corrected chi connectivity index (χ0v) is 19.2. The van der Waals surface area contributed by atoms with Crippen LogP contribution >= 0.6 is 0 Å². The van der Waals surface area contributed by atoms with Crippen LogP contribution in [0.4, 0.5) is 0 Å². The van der Waals surface area contributed by atoms with Crippen molar-refractivity contribution in [1.82, 2.24) is 0 Å². The van der Waals surface area contributed by atoms with E-state index >= 15 is 0 Å². The zero-order chi connectivity index (χ0) is 20.0. The van der Waals surface area contributed by atoms with Gasteiger partial charge in [0.1, 0.15) is 0 Å². The van der Waals surface area contributed by atoms with Crippen LogP contribution in [-0.2, 0) is 6.42 Å². The Morgan fingerprint density at radius 2 is 1.41 bits per heavy atom. The van der Waals surface area contributed by atoms with Gasteiger partial charge in [-0.05, 0) is 62.8 Å². The number of quaternary nitrogens is 2. The molecule has 0 saturated carbocycles. The van der Waals surface area contributed by atoms with E-state index in [2.05, 4.69) is 37.4 Å². The maximum absolute atomic E-state index is 2.50. The number of unbranched alkanes of at least 4 members (excludes halogenated alkanes) is 4. The third kappa shape index (κ3) is 5.85. The molecule has 4 heterocycles. The van der Waals surface area contributed by atoms with Crippen molar-refractivity contribution in [1.29, 1.82) is 0 Å². The molecule has 2 bridgehead atoms. The van der Waals surface area contributed by atoms with Gasteiger partial charge in [0.25, 0.3) is 0 Å². The number of piperidine rings is 4. The van der Waals surface area contributed by atoms with Crippen LogP contribution in [-0.4, -0.2) is 61.8 Å². The fourth-order valence-electron chi connectivity index (χ4n) is 6.87. The normalized spacial score (nSPS) is 31.1.